The van der Waals surface area contributed by atoms with Crippen molar-refractivity contribution >= 4 is 33.6 Å². The Morgan fingerprint density at radius 2 is 1.73 bits per heavy atom. The predicted molar refractivity (Wildman–Crippen MR) is 126 cm³/mol. The summed E-state index contributed by atoms with van der Waals surface area (Å²) in [5.41, 5.74) is 1.35. The first kappa shape index (κ1) is 24.0. The van der Waals surface area contributed by atoms with Crippen LogP contribution in [0, 0.1) is 0 Å². The predicted octanol–water partition coefficient (Wildman–Crippen LogP) is 3.26. The molecule has 0 saturated carbocycles. The quantitative estimate of drug-likeness (QED) is 0.445. The Hall–Kier alpha value is -3.69. The molecular weight excluding hydrogens is 442 g/mol. The lowest BCUT2D eigenvalue weighted by molar-refractivity contribution is -0.117. The van der Waals surface area contributed by atoms with Crippen LogP contribution in [0.1, 0.15) is 17.7 Å². The molecule has 33 heavy (non-hydrogen) atoms. The zero-order valence-electron chi connectivity index (χ0n) is 18.1. The summed E-state index contributed by atoms with van der Waals surface area (Å²) >= 11 is 0. The third-order valence-corrected chi connectivity index (χ3v) is 6.51. The lowest BCUT2D eigenvalue weighted by Gasteiger charge is -2.17. The molecule has 172 valence electrons. The highest BCUT2D eigenvalue weighted by Crippen LogP contribution is 2.19. The minimum atomic E-state index is -3.67. The van der Waals surface area contributed by atoms with Crippen molar-refractivity contribution in [2.45, 2.75) is 17.9 Å². The van der Waals surface area contributed by atoms with E-state index in [1.54, 1.807) is 12.1 Å². The van der Waals surface area contributed by atoms with Crippen LogP contribution in [0.15, 0.2) is 88.4 Å². The SMILES string of the molecule is CN(Cc1ccccc1)S(=O)(=O)c1ccc(NC(=O)CCNC(=O)/C=C/c2ccco2)cc1. The smallest absolute Gasteiger partial charge is 0.244 e. The first-order chi connectivity index (χ1) is 15.8. The lowest BCUT2D eigenvalue weighted by atomic mass is 10.2. The highest BCUT2D eigenvalue weighted by Gasteiger charge is 2.20. The topological polar surface area (TPSA) is 109 Å². The van der Waals surface area contributed by atoms with Gasteiger partial charge < -0.3 is 15.1 Å². The van der Waals surface area contributed by atoms with Gasteiger partial charge in [0.25, 0.3) is 0 Å². The van der Waals surface area contributed by atoms with Gasteiger partial charge in [-0.05, 0) is 48.0 Å². The van der Waals surface area contributed by atoms with Crippen molar-refractivity contribution in [3.8, 4) is 0 Å². The van der Waals surface area contributed by atoms with Gasteiger partial charge in [-0.25, -0.2) is 8.42 Å². The van der Waals surface area contributed by atoms with Gasteiger partial charge in [0, 0.05) is 38.3 Å². The molecule has 0 atom stereocenters. The molecule has 0 spiro atoms. The van der Waals surface area contributed by atoms with Gasteiger partial charge in [0.05, 0.1) is 11.2 Å². The molecule has 2 amide bonds. The molecule has 3 aromatic rings. The molecule has 0 aliphatic carbocycles. The fourth-order valence-corrected chi connectivity index (χ4v) is 4.10. The normalized spacial score (nSPS) is 11.6. The molecule has 1 heterocycles. The minimum Gasteiger partial charge on any atom is -0.465 e. The van der Waals surface area contributed by atoms with E-state index in [1.165, 1.54) is 54.0 Å². The van der Waals surface area contributed by atoms with E-state index in [2.05, 4.69) is 10.6 Å². The number of rotatable bonds is 10. The second-order valence-electron chi connectivity index (χ2n) is 7.21. The van der Waals surface area contributed by atoms with Crippen LogP contribution in [0.5, 0.6) is 0 Å². The summed E-state index contributed by atoms with van der Waals surface area (Å²) in [5, 5.41) is 5.30. The molecule has 0 aliphatic rings. The van der Waals surface area contributed by atoms with E-state index in [1.807, 2.05) is 30.3 Å². The van der Waals surface area contributed by atoms with Crippen LogP contribution in [0.2, 0.25) is 0 Å². The summed E-state index contributed by atoms with van der Waals surface area (Å²) in [5.74, 6) is -0.0879. The Labute approximate surface area is 193 Å². The maximum atomic E-state index is 12.8. The van der Waals surface area contributed by atoms with Crippen molar-refractivity contribution in [3.63, 3.8) is 0 Å². The fraction of sp³-hybridized carbons (Fsp3) is 0.167. The van der Waals surface area contributed by atoms with Gasteiger partial charge >= 0.3 is 0 Å². The Kier molecular flexibility index (Phi) is 8.17. The van der Waals surface area contributed by atoms with Crippen LogP contribution in [-0.2, 0) is 26.2 Å². The number of carbonyl (C=O) groups excluding carboxylic acids is 2. The van der Waals surface area contributed by atoms with Gasteiger partial charge in [0.2, 0.25) is 21.8 Å². The molecule has 0 unspecified atom stereocenters. The van der Waals surface area contributed by atoms with E-state index < -0.39 is 10.0 Å². The van der Waals surface area contributed by atoms with E-state index in [-0.39, 0.29) is 36.2 Å². The monoisotopic (exact) mass is 467 g/mol. The van der Waals surface area contributed by atoms with Crippen LogP contribution in [0.25, 0.3) is 6.08 Å². The molecule has 0 saturated heterocycles. The van der Waals surface area contributed by atoms with Crippen LogP contribution in [0.4, 0.5) is 5.69 Å². The van der Waals surface area contributed by atoms with Gasteiger partial charge in [-0.15, -0.1) is 0 Å². The van der Waals surface area contributed by atoms with Crippen molar-refractivity contribution in [2.24, 2.45) is 0 Å². The van der Waals surface area contributed by atoms with Crippen molar-refractivity contribution in [2.75, 3.05) is 18.9 Å². The largest absolute Gasteiger partial charge is 0.465 e. The number of anilines is 1. The van der Waals surface area contributed by atoms with Gasteiger partial charge in [0.1, 0.15) is 5.76 Å². The zero-order chi connectivity index (χ0) is 23.7. The summed E-state index contributed by atoms with van der Waals surface area (Å²) in [6.45, 7) is 0.411. The Bertz CT molecular complexity index is 1190. The summed E-state index contributed by atoms with van der Waals surface area (Å²) < 4.78 is 31.9. The Morgan fingerprint density at radius 3 is 2.39 bits per heavy atom. The van der Waals surface area contributed by atoms with E-state index >= 15 is 0 Å². The number of sulfonamides is 1. The number of nitrogens with zero attached hydrogens (tertiary/aromatic N) is 1. The second-order valence-corrected chi connectivity index (χ2v) is 9.25. The highest BCUT2D eigenvalue weighted by molar-refractivity contribution is 7.89. The molecule has 0 fully saturated rings. The lowest BCUT2D eigenvalue weighted by Crippen LogP contribution is -2.26. The standard InChI is InChI=1S/C24H25N3O5S/c1-27(18-19-6-3-2-4-7-19)33(30,31)22-12-9-20(10-13-22)26-24(29)15-16-25-23(28)14-11-21-8-5-17-32-21/h2-14,17H,15-16,18H2,1H3,(H,25,28)(H,26,29)/b14-11+. The van der Waals surface area contributed by atoms with Crippen molar-refractivity contribution in [3.05, 3.63) is 90.4 Å². The molecule has 2 N–H and O–H groups in total. The van der Waals surface area contributed by atoms with Crippen molar-refractivity contribution in [1.29, 1.82) is 0 Å². The molecule has 8 nitrogen and oxygen atoms in total. The molecule has 1 aromatic heterocycles. The van der Waals surface area contributed by atoms with E-state index in [0.29, 0.717) is 11.4 Å². The summed E-state index contributed by atoms with van der Waals surface area (Å²) in [7, 11) is -2.14. The second kappa shape index (κ2) is 11.3. The van der Waals surface area contributed by atoms with E-state index in [0.717, 1.165) is 5.56 Å². The molecule has 0 radical (unpaired) electrons. The van der Waals surface area contributed by atoms with Crippen molar-refractivity contribution < 1.29 is 22.4 Å². The maximum absolute atomic E-state index is 12.8. The van der Waals surface area contributed by atoms with Gasteiger partial charge in [-0.3, -0.25) is 9.59 Å². The molecule has 9 heteroatoms. The number of carbonyl (C=O) groups is 2. The maximum Gasteiger partial charge on any atom is 0.244 e. The highest BCUT2D eigenvalue weighted by atomic mass is 32.2. The number of hydrogen-bond donors (Lipinski definition) is 2. The van der Waals surface area contributed by atoms with Crippen LogP contribution in [-0.4, -0.2) is 38.1 Å². The van der Waals surface area contributed by atoms with E-state index in [4.69, 9.17) is 4.42 Å². The molecule has 3 rings (SSSR count). The van der Waals surface area contributed by atoms with Crippen LogP contribution >= 0.6 is 0 Å². The fourth-order valence-electron chi connectivity index (χ4n) is 2.94. The number of amides is 2. The number of hydrogen-bond acceptors (Lipinski definition) is 5. The van der Waals surface area contributed by atoms with Gasteiger partial charge in [0.15, 0.2) is 0 Å². The number of furan rings is 1. The molecule has 2 aromatic carbocycles. The van der Waals surface area contributed by atoms with E-state index in [9.17, 15) is 18.0 Å². The minimum absolute atomic E-state index is 0.0696. The van der Waals surface area contributed by atoms with Gasteiger partial charge in [-0.1, -0.05) is 30.3 Å². The van der Waals surface area contributed by atoms with Crippen molar-refractivity contribution in [1.82, 2.24) is 9.62 Å². The molecule has 0 bridgehead atoms. The average molecular weight is 468 g/mol. The number of benzene rings is 2. The molecular formula is C24H25N3O5S. The van der Waals surface area contributed by atoms with Crippen LogP contribution in [0.3, 0.4) is 0 Å². The summed E-state index contributed by atoms with van der Waals surface area (Å²) in [4.78, 5) is 24.0. The Balaban J connectivity index is 1.47. The summed E-state index contributed by atoms with van der Waals surface area (Å²) in [6, 6.07) is 18.7. The van der Waals surface area contributed by atoms with Gasteiger partial charge in [-0.2, -0.15) is 4.31 Å². The summed E-state index contributed by atoms with van der Waals surface area (Å²) in [6.07, 6.45) is 4.43. The molecule has 0 aliphatic heterocycles. The number of nitrogens with one attached hydrogen (secondary N) is 2. The van der Waals surface area contributed by atoms with Crippen LogP contribution < -0.4 is 10.6 Å². The first-order valence-corrected chi connectivity index (χ1v) is 11.7. The Morgan fingerprint density at radius 1 is 1.00 bits per heavy atom. The zero-order valence-corrected chi connectivity index (χ0v) is 18.9. The average Bonchev–Trinajstić information content (AvgIpc) is 3.32. The third kappa shape index (κ3) is 7.16. The third-order valence-electron chi connectivity index (χ3n) is 4.69. The first-order valence-electron chi connectivity index (χ1n) is 10.2.